The van der Waals surface area contributed by atoms with Gasteiger partial charge in [-0.05, 0) is 48.9 Å². The van der Waals surface area contributed by atoms with E-state index >= 15 is 0 Å². The molecule has 3 amide bonds. The van der Waals surface area contributed by atoms with E-state index in [0.29, 0.717) is 32.1 Å². The van der Waals surface area contributed by atoms with Crippen LogP contribution in [0, 0.1) is 0 Å². The molecule has 0 radical (unpaired) electrons. The Morgan fingerprint density at radius 2 is 1.46 bits per heavy atom. The van der Waals surface area contributed by atoms with Crippen LogP contribution in [0.15, 0.2) is 85.2 Å². The number of hydrogen-bond acceptors (Lipinski definition) is 9. The van der Waals surface area contributed by atoms with Gasteiger partial charge in [0.1, 0.15) is 12.1 Å². The fourth-order valence-corrected chi connectivity index (χ4v) is 7.91. The summed E-state index contributed by atoms with van der Waals surface area (Å²) >= 11 is 0. The quantitative estimate of drug-likeness (QED) is 0.0907. The molecule has 3 aromatic rings. The molecule has 0 fully saturated rings. The minimum Gasteiger partial charge on any atom is -0.395 e. The van der Waals surface area contributed by atoms with E-state index in [0.717, 1.165) is 11.1 Å². The number of benzene rings is 2. The predicted octanol–water partition coefficient (Wildman–Crippen LogP) is 1.96. The first-order valence-corrected chi connectivity index (χ1v) is 18.9. The van der Waals surface area contributed by atoms with Crippen LogP contribution in [-0.2, 0) is 32.3 Å². The molecule has 1 heterocycles. The summed E-state index contributed by atoms with van der Waals surface area (Å²) in [5.41, 5.74) is 1.89. The van der Waals surface area contributed by atoms with Crippen LogP contribution in [0.2, 0.25) is 0 Å². The third kappa shape index (κ3) is 12.9. The SMILES string of the molecule is CCCC(CCC)S(=O)(=O)CC(NC(=O)c1cccnc1)C(=O)NC(Cc1ccccc1)C(O)C(NCCO)C(=O)NCCc1ccccc1. The molecule has 4 atom stereocenters. The van der Waals surface area contributed by atoms with Gasteiger partial charge in [-0.3, -0.25) is 19.4 Å². The molecule has 0 spiro atoms. The summed E-state index contributed by atoms with van der Waals surface area (Å²) in [4.78, 5) is 44.7. The topological polar surface area (TPSA) is 187 Å². The summed E-state index contributed by atoms with van der Waals surface area (Å²) in [7, 11) is -3.87. The van der Waals surface area contributed by atoms with Crippen LogP contribution in [0.25, 0.3) is 0 Å². The van der Waals surface area contributed by atoms with E-state index in [4.69, 9.17) is 0 Å². The van der Waals surface area contributed by atoms with Gasteiger partial charge in [-0.1, -0.05) is 87.4 Å². The first-order valence-electron chi connectivity index (χ1n) is 17.2. The normalized spacial score (nSPS) is 13.9. The van der Waals surface area contributed by atoms with Crippen LogP contribution in [-0.4, -0.2) is 96.3 Å². The fourth-order valence-electron chi connectivity index (χ4n) is 5.75. The molecule has 0 saturated carbocycles. The molecule has 3 rings (SSSR count). The van der Waals surface area contributed by atoms with E-state index in [9.17, 15) is 33.0 Å². The molecule has 4 unspecified atom stereocenters. The molecule has 0 bridgehead atoms. The molecule has 13 heteroatoms. The van der Waals surface area contributed by atoms with Crippen LogP contribution in [0.4, 0.5) is 0 Å². The van der Waals surface area contributed by atoms with Crippen molar-refractivity contribution < 1.29 is 33.0 Å². The molecule has 1 aromatic heterocycles. The molecule has 2 aromatic carbocycles. The minimum absolute atomic E-state index is 0.0158. The van der Waals surface area contributed by atoms with Gasteiger partial charge in [0.15, 0.2) is 9.84 Å². The maximum atomic E-state index is 14.1. The second kappa shape index (κ2) is 21.1. The largest absolute Gasteiger partial charge is 0.395 e. The van der Waals surface area contributed by atoms with Crippen LogP contribution in [0.1, 0.15) is 61.0 Å². The number of carbonyl (C=O) groups is 3. The van der Waals surface area contributed by atoms with Crippen LogP contribution < -0.4 is 21.3 Å². The summed E-state index contributed by atoms with van der Waals surface area (Å²) in [5, 5.41) is 31.7. The van der Waals surface area contributed by atoms with Crippen LogP contribution in [0.5, 0.6) is 0 Å². The second-order valence-corrected chi connectivity index (χ2v) is 14.6. The number of aromatic nitrogens is 1. The fraction of sp³-hybridized carbons (Fsp3) is 0.459. The van der Waals surface area contributed by atoms with E-state index in [1.807, 2.05) is 50.2 Å². The summed E-state index contributed by atoms with van der Waals surface area (Å²) in [6.07, 6.45) is 3.97. The average molecular weight is 710 g/mol. The number of aliphatic hydroxyl groups excluding tert-OH is 2. The lowest BCUT2D eigenvalue weighted by molar-refractivity contribution is -0.129. The summed E-state index contributed by atoms with van der Waals surface area (Å²) in [5.74, 6) is -2.71. The van der Waals surface area contributed by atoms with Crippen molar-refractivity contribution >= 4 is 27.6 Å². The van der Waals surface area contributed by atoms with Crippen molar-refractivity contribution in [2.24, 2.45) is 0 Å². The lowest BCUT2D eigenvalue weighted by atomic mass is 9.95. The predicted molar refractivity (Wildman–Crippen MR) is 193 cm³/mol. The van der Waals surface area contributed by atoms with Gasteiger partial charge >= 0.3 is 0 Å². The minimum atomic E-state index is -3.87. The molecule has 50 heavy (non-hydrogen) atoms. The third-order valence-corrected chi connectivity index (χ3v) is 10.7. The molecular formula is C37H51N5O7S. The number of nitrogens with one attached hydrogen (secondary N) is 4. The van der Waals surface area contributed by atoms with Crippen molar-refractivity contribution in [2.75, 3.05) is 25.4 Å². The standard InChI is InChI=1S/C37H51N5O7S/c1-3-12-30(13-4-2)50(48,49)26-32(42-35(45)29-18-11-20-38-25-29)36(46)41-31(24-28-16-9-6-10-17-28)34(44)33(39-22-23-43)37(47)40-21-19-27-14-7-5-8-15-27/h5-11,14-18,20,25,30-34,39,43-44H,3-4,12-13,19,21-24,26H2,1-2H3,(H,40,47)(H,41,46)(H,42,45). The molecule has 0 aliphatic rings. The van der Waals surface area contributed by atoms with Crippen molar-refractivity contribution in [1.29, 1.82) is 0 Å². The van der Waals surface area contributed by atoms with Crippen molar-refractivity contribution in [2.45, 2.75) is 81.9 Å². The first-order chi connectivity index (χ1) is 24.1. The highest BCUT2D eigenvalue weighted by molar-refractivity contribution is 7.92. The number of amides is 3. The van der Waals surface area contributed by atoms with Gasteiger partial charge in [0, 0.05) is 25.5 Å². The number of pyridine rings is 1. The zero-order valence-corrected chi connectivity index (χ0v) is 29.6. The average Bonchev–Trinajstić information content (AvgIpc) is 3.12. The van der Waals surface area contributed by atoms with Crippen molar-refractivity contribution in [3.05, 3.63) is 102 Å². The zero-order chi connectivity index (χ0) is 36.4. The molecule has 0 saturated heterocycles. The summed E-state index contributed by atoms with van der Waals surface area (Å²) < 4.78 is 27.4. The Labute approximate surface area is 295 Å². The van der Waals surface area contributed by atoms with Crippen molar-refractivity contribution in [3.8, 4) is 0 Å². The van der Waals surface area contributed by atoms with Gasteiger partial charge in [0.05, 0.1) is 35.3 Å². The van der Waals surface area contributed by atoms with Crippen molar-refractivity contribution in [3.63, 3.8) is 0 Å². The number of rotatable bonds is 22. The maximum Gasteiger partial charge on any atom is 0.253 e. The number of nitrogens with zero attached hydrogens (tertiary/aromatic N) is 1. The Bertz CT molecular complexity index is 1560. The van der Waals surface area contributed by atoms with Gasteiger partial charge in [-0.15, -0.1) is 0 Å². The lowest BCUT2D eigenvalue weighted by Gasteiger charge is -2.32. The van der Waals surface area contributed by atoms with Gasteiger partial charge in [-0.25, -0.2) is 8.42 Å². The van der Waals surface area contributed by atoms with E-state index in [-0.39, 0.29) is 31.7 Å². The molecular weight excluding hydrogens is 659 g/mol. The van der Waals surface area contributed by atoms with E-state index in [1.165, 1.54) is 18.5 Å². The van der Waals surface area contributed by atoms with Gasteiger partial charge < -0.3 is 31.5 Å². The summed E-state index contributed by atoms with van der Waals surface area (Å²) in [6.45, 7) is 3.73. The van der Waals surface area contributed by atoms with E-state index in [2.05, 4.69) is 26.3 Å². The van der Waals surface area contributed by atoms with Crippen LogP contribution in [0.3, 0.4) is 0 Å². The molecule has 0 aliphatic heterocycles. The van der Waals surface area contributed by atoms with Gasteiger partial charge in [0.2, 0.25) is 11.8 Å². The smallest absolute Gasteiger partial charge is 0.253 e. The highest BCUT2D eigenvalue weighted by atomic mass is 32.2. The second-order valence-electron chi connectivity index (χ2n) is 12.3. The Balaban J connectivity index is 1.92. The van der Waals surface area contributed by atoms with E-state index in [1.54, 1.807) is 30.3 Å². The molecule has 6 N–H and O–H groups in total. The number of aliphatic hydroxyl groups is 2. The Morgan fingerprint density at radius 1 is 0.820 bits per heavy atom. The van der Waals surface area contributed by atoms with E-state index < -0.39 is 62.8 Å². The first kappa shape index (κ1) is 40.3. The lowest BCUT2D eigenvalue weighted by Crippen LogP contribution is -2.62. The number of carbonyl (C=O) groups excluding carboxylic acids is 3. The monoisotopic (exact) mass is 709 g/mol. The third-order valence-electron chi connectivity index (χ3n) is 8.37. The Morgan fingerprint density at radius 3 is 2.04 bits per heavy atom. The highest BCUT2D eigenvalue weighted by Crippen LogP contribution is 2.18. The molecule has 272 valence electrons. The Kier molecular flexibility index (Phi) is 17.0. The zero-order valence-electron chi connectivity index (χ0n) is 28.8. The highest BCUT2D eigenvalue weighted by Gasteiger charge is 2.37. The number of hydrogen-bond donors (Lipinski definition) is 6. The number of sulfone groups is 1. The summed E-state index contributed by atoms with van der Waals surface area (Å²) in [6, 6.07) is 17.7. The molecule has 0 aliphatic carbocycles. The Hall–Kier alpha value is -4.17. The van der Waals surface area contributed by atoms with Gasteiger partial charge in [0.25, 0.3) is 5.91 Å². The van der Waals surface area contributed by atoms with Crippen LogP contribution >= 0.6 is 0 Å². The van der Waals surface area contributed by atoms with Crippen molar-refractivity contribution in [1.82, 2.24) is 26.3 Å². The van der Waals surface area contributed by atoms with Gasteiger partial charge in [-0.2, -0.15) is 0 Å². The maximum absolute atomic E-state index is 14.1. The molecule has 12 nitrogen and oxygen atoms in total.